The number of carbonyl (C=O) groups excluding carboxylic acids is 1. The molecule has 0 radical (unpaired) electrons. The predicted molar refractivity (Wildman–Crippen MR) is 59.3 cm³/mol. The zero-order valence-corrected chi connectivity index (χ0v) is 9.05. The number of halogens is 1. The minimum absolute atomic E-state index is 0.292. The Kier molecular flexibility index (Phi) is 2.94. The fourth-order valence-corrected chi connectivity index (χ4v) is 1.63. The molecule has 0 saturated heterocycles. The first-order valence-corrected chi connectivity index (χ1v) is 5.32. The van der Waals surface area contributed by atoms with Gasteiger partial charge in [0.1, 0.15) is 0 Å². The van der Waals surface area contributed by atoms with Crippen LogP contribution in [-0.2, 0) is 0 Å². The number of carbonyl (C=O) groups is 1. The summed E-state index contributed by atoms with van der Waals surface area (Å²) in [4.78, 5) is 11.6. The van der Waals surface area contributed by atoms with Crippen LogP contribution in [0.15, 0.2) is 29.6 Å². The largest absolute Gasteiger partial charge is 0.319 e. The van der Waals surface area contributed by atoms with Gasteiger partial charge in [0.05, 0.1) is 10.7 Å². The van der Waals surface area contributed by atoms with Crippen molar-refractivity contribution in [3.05, 3.63) is 40.4 Å². The van der Waals surface area contributed by atoms with Gasteiger partial charge in [-0.2, -0.15) is 0 Å². The van der Waals surface area contributed by atoms with E-state index in [-0.39, 0.29) is 5.91 Å². The first-order valence-electron chi connectivity index (χ1n) is 4.10. The molecule has 0 bridgehead atoms. The van der Waals surface area contributed by atoms with Gasteiger partial charge in [-0.25, -0.2) is 0 Å². The van der Waals surface area contributed by atoms with Gasteiger partial charge in [-0.05, 0) is 23.7 Å². The number of hydrogen-bond donors (Lipinski definition) is 1. The molecule has 1 heterocycles. The maximum atomic E-state index is 11.6. The zero-order valence-electron chi connectivity index (χ0n) is 7.48. The number of benzene rings is 1. The highest BCUT2D eigenvalue weighted by Gasteiger charge is 2.10. The Morgan fingerprint density at radius 3 is 2.87 bits per heavy atom. The van der Waals surface area contributed by atoms with Gasteiger partial charge < -0.3 is 5.32 Å². The first kappa shape index (κ1) is 10.1. The number of para-hydroxylation sites is 1. The Morgan fingerprint density at radius 2 is 2.20 bits per heavy atom. The Bertz CT molecular complexity index is 472. The van der Waals surface area contributed by atoms with Crippen LogP contribution in [0.1, 0.15) is 10.5 Å². The van der Waals surface area contributed by atoms with Crippen molar-refractivity contribution < 1.29 is 4.79 Å². The monoisotopic (exact) mass is 239 g/mol. The van der Waals surface area contributed by atoms with Crippen molar-refractivity contribution >= 4 is 34.7 Å². The summed E-state index contributed by atoms with van der Waals surface area (Å²) in [6, 6.07) is 7.01. The molecule has 0 saturated carbocycles. The van der Waals surface area contributed by atoms with Gasteiger partial charge in [-0.1, -0.05) is 28.2 Å². The van der Waals surface area contributed by atoms with Gasteiger partial charge >= 0.3 is 0 Å². The fourth-order valence-electron chi connectivity index (χ4n) is 1.01. The molecule has 1 amide bonds. The highest BCUT2D eigenvalue weighted by Crippen LogP contribution is 2.20. The van der Waals surface area contributed by atoms with E-state index in [0.29, 0.717) is 16.4 Å². The molecular weight excluding hydrogens is 234 g/mol. The van der Waals surface area contributed by atoms with Crippen molar-refractivity contribution in [2.45, 2.75) is 0 Å². The molecule has 2 aromatic rings. The molecule has 0 aliphatic heterocycles. The normalized spacial score (nSPS) is 9.93. The summed E-state index contributed by atoms with van der Waals surface area (Å²) in [5.41, 5.74) is 0.858. The Morgan fingerprint density at radius 1 is 1.40 bits per heavy atom. The molecule has 15 heavy (non-hydrogen) atoms. The smallest absolute Gasteiger partial charge is 0.277 e. The third-order valence-electron chi connectivity index (χ3n) is 1.71. The lowest BCUT2D eigenvalue weighted by atomic mass is 10.3. The molecule has 1 N–H and O–H groups in total. The fraction of sp³-hybridized carbons (Fsp3) is 0. The second kappa shape index (κ2) is 4.37. The number of nitrogens with one attached hydrogen (secondary N) is 1. The minimum Gasteiger partial charge on any atom is -0.319 e. The number of aromatic nitrogens is 2. The Labute approximate surface area is 95.1 Å². The average molecular weight is 240 g/mol. The van der Waals surface area contributed by atoms with Crippen molar-refractivity contribution in [2.24, 2.45) is 0 Å². The van der Waals surface area contributed by atoms with Crippen LogP contribution in [0, 0.1) is 0 Å². The third kappa shape index (κ3) is 2.31. The van der Waals surface area contributed by atoms with Gasteiger partial charge in [0.2, 0.25) is 0 Å². The summed E-state index contributed by atoms with van der Waals surface area (Å²) in [6.45, 7) is 0. The van der Waals surface area contributed by atoms with E-state index >= 15 is 0 Å². The highest BCUT2D eigenvalue weighted by atomic mass is 35.5. The van der Waals surface area contributed by atoms with E-state index in [1.54, 1.807) is 29.6 Å². The summed E-state index contributed by atoms with van der Waals surface area (Å²) in [6.07, 6.45) is 0. The summed E-state index contributed by atoms with van der Waals surface area (Å²) < 4.78 is 3.61. The zero-order chi connectivity index (χ0) is 10.7. The lowest BCUT2D eigenvalue weighted by Crippen LogP contribution is -2.12. The third-order valence-corrected chi connectivity index (χ3v) is 2.55. The molecule has 1 aromatic heterocycles. The van der Waals surface area contributed by atoms with E-state index in [1.807, 2.05) is 0 Å². The van der Waals surface area contributed by atoms with Crippen LogP contribution in [0.2, 0.25) is 5.02 Å². The summed E-state index contributed by atoms with van der Waals surface area (Å²) >= 11 is 7.01. The quantitative estimate of drug-likeness (QED) is 0.876. The predicted octanol–water partition coefficient (Wildman–Crippen LogP) is 2.44. The minimum atomic E-state index is -0.308. The van der Waals surface area contributed by atoms with Gasteiger partial charge in [0, 0.05) is 5.38 Å². The van der Waals surface area contributed by atoms with Crippen molar-refractivity contribution in [3.8, 4) is 0 Å². The number of nitrogens with zero attached hydrogens (tertiary/aromatic N) is 2. The SMILES string of the molecule is O=C(Nc1ccccc1Cl)c1csnn1. The number of rotatable bonds is 2. The molecule has 1 aromatic carbocycles. The Hall–Kier alpha value is -1.46. The van der Waals surface area contributed by atoms with Gasteiger partial charge in [-0.15, -0.1) is 5.10 Å². The molecule has 2 rings (SSSR count). The molecule has 6 heteroatoms. The van der Waals surface area contributed by atoms with Crippen molar-refractivity contribution in [1.82, 2.24) is 9.59 Å². The van der Waals surface area contributed by atoms with E-state index in [9.17, 15) is 4.79 Å². The molecule has 0 spiro atoms. The second-order valence-electron chi connectivity index (χ2n) is 2.72. The number of anilines is 1. The average Bonchev–Trinajstić information content (AvgIpc) is 2.74. The van der Waals surface area contributed by atoms with Crippen molar-refractivity contribution in [2.75, 3.05) is 5.32 Å². The summed E-state index contributed by atoms with van der Waals surface area (Å²) in [7, 11) is 0. The summed E-state index contributed by atoms with van der Waals surface area (Å²) in [5, 5.41) is 8.37. The molecule has 0 aliphatic rings. The van der Waals surface area contributed by atoms with E-state index in [4.69, 9.17) is 11.6 Å². The second-order valence-corrected chi connectivity index (χ2v) is 3.74. The molecule has 76 valence electrons. The van der Waals surface area contributed by atoms with Crippen LogP contribution >= 0.6 is 23.1 Å². The van der Waals surface area contributed by atoms with Crippen LogP contribution in [0.3, 0.4) is 0 Å². The summed E-state index contributed by atoms with van der Waals surface area (Å²) in [5.74, 6) is -0.308. The molecule has 0 fully saturated rings. The standard InChI is InChI=1S/C9H6ClN3OS/c10-6-3-1-2-4-7(6)11-9(14)8-5-15-13-12-8/h1-5H,(H,11,14). The van der Waals surface area contributed by atoms with Crippen LogP contribution in [0.4, 0.5) is 5.69 Å². The molecule has 0 atom stereocenters. The molecular formula is C9H6ClN3OS. The molecule has 4 nitrogen and oxygen atoms in total. The van der Waals surface area contributed by atoms with E-state index in [1.165, 1.54) is 0 Å². The molecule has 0 aliphatic carbocycles. The lowest BCUT2D eigenvalue weighted by Gasteiger charge is -2.03. The van der Waals surface area contributed by atoms with E-state index < -0.39 is 0 Å². The molecule has 0 unspecified atom stereocenters. The maximum absolute atomic E-state index is 11.6. The van der Waals surface area contributed by atoms with Crippen LogP contribution in [0.5, 0.6) is 0 Å². The van der Waals surface area contributed by atoms with Crippen LogP contribution < -0.4 is 5.32 Å². The van der Waals surface area contributed by atoms with Crippen LogP contribution in [-0.4, -0.2) is 15.5 Å². The number of amides is 1. The van der Waals surface area contributed by atoms with Gasteiger partial charge in [-0.3, -0.25) is 4.79 Å². The van der Waals surface area contributed by atoms with Gasteiger partial charge in [0.15, 0.2) is 5.69 Å². The number of hydrogen-bond acceptors (Lipinski definition) is 4. The Balaban J connectivity index is 2.17. The lowest BCUT2D eigenvalue weighted by molar-refractivity contribution is 0.102. The van der Waals surface area contributed by atoms with Crippen molar-refractivity contribution in [1.29, 1.82) is 0 Å². The van der Waals surface area contributed by atoms with E-state index in [0.717, 1.165) is 11.5 Å². The highest BCUT2D eigenvalue weighted by molar-refractivity contribution is 7.03. The van der Waals surface area contributed by atoms with Crippen molar-refractivity contribution in [3.63, 3.8) is 0 Å². The van der Waals surface area contributed by atoms with E-state index in [2.05, 4.69) is 14.9 Å². The first-order chi connectivity index (χ1) is 7.27. The van der Waals surface area contributed by atoms with Crippen LogP contribution in [0.25, 0.3) is 0 Å². The topological polar surface area (TPSA) is 54.9 Å². The maximum Gasteiger partial charge on any atom is 0.277 e. The van der Waals surface area contributed by atoms with Gasteiger partial charge in [0.25, 0.3) is 5.91 Å².